The molecule has 1 rings (SSSR count). The standard InChI is InChI=1S/C11H16N2O3/c1-3-5-13(8-11(14)15-4-2)7-10-6-12-16-9-10/h3,6,9H,1,4-5,7-8H2,2H3. The summed E-state index contributed by atoms with van der Waals surface area (Å²) in [6, 6.07) is 0. The van der Waals surface area contributed by atoms with Gasteiger partial charge in [0.2, 0.25) is 0 Å². The maximum absolute atomic E-state index is 11.3. The van der Waals surface area contributed by atoms with Crippen molar-refractivity contribution in [2.45, 2.75) is 13.5 Å². The van der Waals surface area contributed by atoms with Crippen LogP contribution < -0.4 is 0 Å². The van der Waals surface area contributed by atoms with Crippen molar-refractivity contribution in [2.24, 2.45) is 0 Å². The van der Waals surface area contributed by atoms with Gasteiger partial charge < -0.3 is 9.26 Å². The lowest BCUT2D eigenvalue weighted by molar-refractivity contribution is -0.144. The van der Waals surface area contributed by atoms with E-state index in [1.165, 1.54) is 0 Å². The summed E-state index contributed by atoms with van der Waals surface area (Å²) >= 11 is 0. The fraction of sp³-hybridized carbons (Fsp3) is 0.455. The molecule has 0 aliphatic rings. The molecule has 0 radical (unpaired) electrons. The topological polar surface area (TPSA) is 55.6 Å². The molecular formula is C11H16N2O3. The minimum Gasteiger partial charge on any atom is -0.465 e. The Bertz CT molecular complexity index is 322. The van der Waals surface area contributed by atoms with E-state index in [0.29, 0.717) is 19.7 Å². The van der Waals surface area contributed by atoms with Crippen LogP contribution in [0, 0.1) is 0 Å². The summed E-state index contributed by atoms with van der Waals surface area (Å²) in [5.74, 6) is -0.235. The minimum absolute atomic E-state index is 0.235. The van der Waals surface area contributed by atoms with Crippen molar-refractivity contribution in [2.75, 3.05) is 19.7 Å². The van der Waals surface area contributed by atoms with Crippen LogP contribution in [0.15, 0.2) is 29.6 Å². The van der Waals surface area contributed by atoms with Crippen LogP contribution in [0.3, 0.4) is 0 Å². The monoisotopic (exact) mass is 224 g/mol. The Balaban J connectivity index is 2.47. The number of carbonyl (C=O) groups excluding carboxylic acids is 1. The number of hydrogen-bond acceptors (Lipinski definition) is 5. The van der Waals surface area contributed by atoms with E-state index in [1.807, 2.05) is 4.90 Å². The van der Waals surface area contributed by atoms with Gasteiger partial charge in [-0.15, -0.1) is 6.58 Å². The zero-order chi connectivity index (χ0) is 11.8. The second kappa shape index (κ2) is 6.79. The Morgan fingerprint density at radius 2 is 2.56 bits per heavy atom. The first-order valence-electron chi connectivity index (χ1n) is 5.13. The zero-order valence-electron chi connectivity index (χ0n) is 9.39. The van der Waals surface area contributed by atoms with E-state index in [9.17, 15) is 4.79 Å². The van der Waals surface area contributed by atoms with Crippen molar-refractivity contribution in [3.05, 3.63) is 30.7 Å². The maximum atomic E-state index is 11.3. The van der Waals surface area contributed by atoms with Gasteiger partial charge in [-0.2, -0.15) is 0 Å². The van der Waals surface area contributed by atoms with E-state index < -0.39 is 0 Å². The van der Waals surface area contributed by atoms with E-state index >= 15 is 0 Å². The molecular weight excluding hydrogens is 208 g/mol. The summed E-state index contributed by atoms with van der Waals surface area (Å²) in [7, 11) is 0. The molecule has 0 unspecified atom stereocenters. The third-order valence-corrected chi connectivity index (χ3v) is 1.93. The lowest BCUT2D eigenvalue weighted by Crippen LogP contribution is -2.30. The number of esters is 1. The van der Waals surface area contributed by atoms with Gasteiger partial charge >= 0.3 is 5.97 Å². The molecule has 0 aliphatic carbocycles. The van der Waals surface area contributed by atoms with Crippen LogP contribution in [-0.4, -0.2) is 35.7 Å². The van der Waals surface area contributed by atoms with E-state index in [0.717, 1.165) is 5.56 Å². The first-order valence-corrected chi connectivity index (χ1v) is 5.13. The first kappa shape index (κ1) is 12.4. The van der Waals surface area contributed by atoms with Crippen molar-refractivity contribution in [1.82, 2.24) is 10.1 Å². The highest BCUT2D eigenvalue weighted by Gasteiger charge is 2.11. The molecule has 5 nitrogen and oxygen atoms in total. The third-order valence-electron chi connectivity index (χ3n) is 1.93. The molecule has 0 N–H and O–H groups in total. The van der Waals surface area contributed by atoms with Crippen molar-refractivity contribution >= 4 is 5.97 Å². The summed E-state index contributed by atoms with van der Waals surface area (Å²) in [6.45, 7) is 7.28. The molecule has 1 heterocycles. The molecule has 5 heteroatoms. The molecule has 0 atom stereocenters. The maximum Gasteiger partial charge on any atom is 0.320 e. The van der Waals surface area contributed by atoms with E-state index in [2.05, 4.69) is 11.7 Å². The van der Waals surface area contributed by atoms with Crippen molar-refractivity contribution in [3.63, 3.8) is 0 Å². The van der Waals surface area contributed by atoms with E-state index in [1.54, 1.807) is 25.5 Å². The number of hydrogen-bond donors (Lipinski definition) is 0. The molecule has 0 spiro atoms. The van der Waals surface area contributed by atoms with Gasteiger partial charge in [0.1, 0.15) is 6.26 Å². The number of nitrogens with zero attached hydrogens (tertiary/aromatic N) is 2. The van der Waals surface area contributed by atoms with E-state index in [-0.39, 0.29) is 12.5 Å². The third kappa shape index (κ3) is 4.27. The van der Waals surface area contributed by atoms with Crippen LogP contribution in [0.4, 0.5) is 0 Å². The van der Waals surface area contributed by atoms with Gasteiger partial charge in [-0.1, -0.05) is 11.2 Å². The van der Waals surface area contributed by atoms with Crippen LogP contribution in [0.1, 0.15) is 12.5 Å². The molecule has 88 valence electrons. The molecule has 0 fully saturated rings. The Morgan fingerprint density at radius 3 is 3.12 bits per heavy atom. The van der Waals surface area contributed by atoms with Crippen LogP contribution in [-0.2, 0) is 16.1 Å². The summed E-state index contributed by atoms with van der Waals surface area (Å²) < 4.78 is 9.61. The quantitative estimate of drug-likeness (QED) is 0.515. The summed E-state index contributed by atoms with van der Waals surface area (Å²) in [5, 5.41) is 3.61. The van der Waals surface area contributed by atoms with Crippen LogP contribution in [0.25, 0.3) is 0 Å². The Kier molecular flexibility index (Phi) is 5.28. The van der Waals surface area contributed by atoms with Crippen LogP contribution in [0.5, 0.6) is 0 Å². The molecule has 0 bridgehead atoms. The lowest BCUT2D eigenvalue weighted by Gasteiger charge is -2.18. The molecule has 0 aliphatic heterocycles. The predicted octanol–water partition coefficient (Wildman–Crippen LogP) is 1.23. The highest BCUT2D eigenvalue weighted by Crippen LogP contribution is 2.03. The average Bonchev–Trinajstić information content (AvgIpc) is 2.71. The number of aromatic nitrogens is 1. The second-order valence-electron chi connectivity index (χ2n) is 3.30. The van der Waals surface area contributed by atoms with Crippen LogP contribution >= 0.6 is 0 Å². The summed E-state index contributed by atoms with van der Waals surface area (Å²) in [6.07, 6.45) is 4.93. The van der Waals surface area contributed by atoms with Gasteiger partial charge in [-0.3, -0.25) is 9.69 Å². The number of ether oxygens (including phenoxy) is 1. The van der Waals surface area contributed by atoms with Gasteiger partial charge in [-0.25, -0.2) is 0 Å². The fourth-order valence-electron chi connectivity index (χ4n) is 1.32. The SMILES string of the molecule is C=CCN(CC(=O)OCC)Cc1cnoc1. The lowest BCUT2D eigenvalue weighted by atomic mass is 10.3. The summed E-state index contributed by atoms with van der Waals surface area (Å²) in [5.41, 5.74) is 0.922. The highest BCUT2D eigenvalue weighted by atomic mass is 16.5. The van der Waals surface area contributed by atoms with Gasteiger partial charge in [0.05, 0.1) is 19.3 Å². The number of rotatable bonds is 7. The summed E-state index contributed by atoms with van der Waals surface area (Å²) in [4.78, 5) is 13.2. The van der Waals surface area contributed by atoms with E-state index in [4.69, 9.17) is 9.26 Å². The largest absolute Gasteiger partial charge is 0.465 e. The molecule has 0 saturated carbocycles. The first-order chi connectivity index (χ1) is 7.76. The second-order valence-corrected chi connectivity index (χ2v) is 3.30. The molecule has 16 heavy (non-hydrogen) atoms. The molecule has 0 saturated heterocycles. The molecule has 0 aromatic carbocycles. The molecule has 0 amide bonds. The Labute approximate surface area is 94.7 Å². The highest BCUT2D eigenvalue weighted by molar-refractivity contribution is 5.71. The number of carbonyl (C=O) groups is 1. The minimum atomic E-state index is -0.235. The molecule has 1 aromatic rings. The van der Waals surface area contributed by atoms with Crippen LogP contribution in [0.2, 0.25) is 0 Å². The Morgan fingerprint density at radius 1 is 1.75 bits per heavy atom. The predicted molar refractivity (Wildman–Crippen MR) is 58.6 cm³/mol. The van der Waals surface area contributed by atoms with Crippen molar-refractivity contribution in [1.29, 1.82) is 0 Å². The van der Waals surface area contributed by atoms with Gasteiger partial charge in [0.25, 0.3) is 0 Å². The van der Waals surface area contributed by atoms with Gasteiger partial charge in [-0.05, 0) is 6.92 Å². The smallest absolute Gasteiger partial charge is 0.320 e. The fourth-order valence-corrected chi connectivity index (χ4v) is 1.32. The zero-order valence-corrected chi connectivity index (χ0v) is 9.39. The van der Waals surface area contributed by atoms with Gasteiger partial charge in [0, 0.05) is 18.7 Å². The average molecular weight is 224 g/mol. The Hall–Kier alpha value is -1.62. The normalized spacial score (nSPS) is 10.4. The van der Waals surface area contributed by atoms with Gasteiger partial charge in [0.15, 0.2) is 0 Å². The molecule has 1 aromatic heterocycles. The van der Waals surface area contributed by atoms with Crippen molar-refractivity contribution in [3.8, 4) is 0 Å². The van der Waals surface area contributed by atoms with Crippen molar-refractivity contribution < 1.29 is 14.1 Å².